The van der Waals surface area contributed by atoms with Crippen LogP contribution in [0.1, 0.15) is 0 Å². The van der Waals surface area contributed by atoms with Crippen molar-refractivity contribution in [2.45, 2.75) is 4.90 Å². The quantitative estimate of drug-likeness (QED) is 0.679. The first kappa shape index (κ1) is 11.9. The van der Waals surface area contributed by atoms with E-state index in [1.165, 1.54) is 6.33 Å². The van der Waals surface area contributed by atoms with Gasteiger partial charge in [-0.25, -0.2) is 19.6 Å². The Hall–Kier alpha value is -2.15. The molecule has 0 spiro atoms. The summed E-state index contributed by atoms with van der Waals surface area (Å²) in [5.41, 5.74) is 0.817. The van der Waals surface area contributed by atoms with Crippen LogP contribution in [0.5, 0.6) is 5.75 Å². The first-order valence-corrected chi connectivity index (χ1v) is 6.79. The van der Waals surface area contributed by atoms with Crippen LogP contribution < -0.4 is 4.74 Å². The first-order chi connectivity index (χ1) is 9.31. The van der Waals surface area contributed by atoms with Crippen molar-refractivity contribution in [3.8, 4) is 23.1 Å². The molecule has 6 nitrogen and oxygen atoms in total. The molecule has 0 N–H and O–H groups in total. The molecule has 2 heterocycles. The highest BCUT2D eigenvalue weighted by atomic mass is 32.2. The Bertz CT molecular complexity index is 684. The monoisotopic (exact) mass is 273 g/mol. The van der Waals surface area contributed by atoms with E-state index >= 15 is 0 Å². The third-order valence-electron chi connectivity index (χ3n) is 2.69. The van der Waals surface area contributed by atoms with Crippen molar-refractivity contribution in [3.63, 3.8) is 0 Å². The molecule has 0 saturated heterocycles. The summed E-state index contributed by atoms with van der Waals surface area (Å²) >= 11 is 1.66. The molecule has 1 aromatic rings. The van der Waals surface area contributed by atoms with Gasteiger partial charge in [0.1, 0.15) is 24.1 Å². The zero-order valence-corrected chi connectivity index (χ0v) is 11.3. The predicted octanol–water partition coefficient (Wildman–Crippen LogP) is 1.89. The Labute approximate surface area is 114 Å². The maximum Gasteiger partial charge on any atom is 0.219 e. The molecule has 0 atom stereocenters. The summed E-state index contributed by atoms with van der Waals surface area (Å²) in [4.78, 5) is 13.4. The number of fused-ring (bicyclic) bond motifs is 1. The topological polar surface area (TPSA) is 65.7 Å². The third-order valence-corrected chi connectivity index (χ3v) is 3.41. The highest BCUT2D eigenvalue weighted by Crippen LogP contribution is 2.27. The van der Waals surface area contributed by atoms with Gasteiger partial charge in [0.25, 0.3) is 0 Å². The number of methoxy groups -OCH3 is 1. The van der Waals surface area contributed by atoms with Gasteiger partial charge in [-0.1, -0.05) is 0 Å². The minimum atomic E-state index is 0.512. The molecule has 2 aliphatic rings. The molecular weight excluding hydrogens is 262 g/mol. The summed E-state index contributed by atoms with van der Waals surface area (Å²) in [5.74, 6) is 1.79. The Kier molecular flexibility index (Phi) is 3.04. The van der Waals surface area contributed by atoms with Crippen molar-refractivity contribution in [3.05, 3.63) is 30.9 Å². The lowest BCUT2D eigenvalue weighted by atomic mass is 10.3. The van der Waals surface area contributed by atoms with Crippen molar-refractivity contribution in [1.82, 2.24) is 24.7 Å². The molecule has 0 radical (unpaired) electrons. The summed E-state index contributed by atoms with van der Waals surface area (Å²) < 4.78 is 7.04. The second-order valence-electron chi connectivity index (χ2n) is 3.75. The van der Waals surface area contributed by atoms with E-state index in [0.717, 1.165) is 16.3 Å². The van der Waals surface area contributed by atoms with Gasteiger partial charge in [0, 0.05) is 4.90 Å². The van der Waals surface area contributed by atoms with E-state index < -0.39 is 0 Å². The summed E-state index contributed by atoms with van der Waals surface area (Å²) in [6.45, 7) is 0. The Balaban J connectivity index is 2.13. The predicted molar refractivity (Wildman–Crippen MR) is 71.9 cm³/mol. The normalized spacial score (nSPS) is 10.8. The number of nitrogens with zero attached hydrogens (tertiary/aromatic N) is 5. The van der Waals surface area contributed by atoms with Crippen molar-refractivity contribution >= 4 is 11.8 Å². The average molecular weight is 273 g/mol. The molecule has 0 amide bonds. The van der Waals surface area contributed by atoms with Gasteiger partial charge in [-0.05, 0) is 24.5 Å². The molecule has 0 saturated carbocycles. The highest BCUT2D eigenvalue weighted by molar-refractivity contribution is 7.98. The molecule has 0 fully saturated rings. The van der Waals surface area contributed by atoms with Gasteiger partial charge in [0.15, 0.2) is 0 Å². The smallest absolute Gasteiger partial charge is 0.219 e. The minimum Gasteiger partial charge on any atom is -0.494 e. The molecule has 0 aliphatic carbocycles. The highest BCUT2D eigenvalue weighted by Gasteiger charge is 2.12. The molecule has 1 aromatic carbocycles. The van der Waals surface area contributed by atoms with Gasteiger partial charge in [0.05, 0.1) is 7.11 Å². The van der Waals surface area contributed by atoms with E-state index in [4.69, 9.17) is 4.74 Å². The van der Waals surface area contributed by atoms with Gasteiger partial charge < -0.3 is 4.74 Å². The third kappa shape index (κ3) is 2.12. The number of aromatic nitrogens is 5. The van der Waals surface area contributed by atoms with E-state index in [0.29, 0.717) is 11.6 Å². The van der Waals surface area contributed by atoms with Crippen molar-refractivity contribution in [2.24, 2.45) is 0 Å². The van der Waals surface area contributed by atoms with Gasteiger partial charge in [-0.2, -0.15) is 0 Å². The van der Waals surface area contributed by atoms with E-state index in [-0.39, 0.29) is 0 Å². The number of hydrogen-bond acceptors (Lipinski definition) is 6. The van der Waals surface area contributed by atoms with E-state index in [2.05, 4.69) is 20.1 Å². The number of hydrogen-bond donors (Lipinski definition) is 0. The fraction of sp³-hybridized carbons (Fsp3) is 0.167. The van der Waals surface area contributed by atoms with Crippen molar-refractivity contribution in [1.29, 1.82) is 0 Å². The van der Waals surface area contributed by atoms with E-state index in [1.54, 1.807) is 29.9 Å². The lowest BCUT2D eigenvalue weighted by molar-refractivity contribution is 0.410. The molecule has 0 unspecified atom stereocenters. The Morgan fingerprint density at radius 2 is 2.00 bits per heavy atom. The zero-order chi connectivity index (χ0) is 13.2. The van der Waals surface area contributed by atoms with Crippen LogP contribution in [-0.4, -0.2) is 38.1 Å². The number of benzene rings is 1. The summed E-state index contributed by atoms with van der Waals surface area (Å²) in [6.07, 6.45) is 5.07. The Morgan fingerprint density at radius 1 is 1.16 bits per heavy atom. The molecular formula is C12H11N5OS. The maximum absolute atomic E-state index is 5.40. The van der Waals surface area contributed by atoms with Crippen LogP contribution in [0.15, 0.2) is 35.7 Å². The van der Waals surface area contributed by atoms with Gasteiger partial charge in [0.2, 0.25) is 11.6 Å². The average Bonchev–Trinajstić information content (AvgIpc) is 2.93. The number of thioether (sulfide) groups is 1. The lowest BCUT2D eigenvalue weighted by Crippen LogP contribution is -2.06. The second-order valence-corrected chi connectivity index (χ2v) is 4.63. The van der Waals surface area contributed by atoms with Crippen LogP contribution in [0, 0.1) is 0 Å². The summed E-state index contributed by atoms with van der Waals surface area (Å²) in [6, 6.07) is 5.93. The fourth-order valence-corrected chi connectivity index (χ4v) is 2.17. The van der Waals surface area contributed by atoms with Gasteiger partial charge >= 0.3 is 0 Å². The van der Waals surface area contributed by atoms with E-state index in [9.17, 15) is 0 Å². The van der Waals surface area contributed by atoms with Gasteiger partial charge in [-0.3, -0.25) is 0 Å². The molecule has 19 heavy (non-hydrogen) atoms. The van der Waals surface area contributed by atoms with Crippen LogP contribution in [0.2, 0.25) is 0 Å². The maximum atomic E-state index is 5.40. The zero-order valence-electron chi connectivity index (χ0n) is 10.4. The van der Waals surface area contributed by atoms with Crippen molar-refractivity contribution < 1.29 is 4.74 Å². The fourth-order valence-electron chi connectivity index (χ4n) is 1.74. The molecule has 0 bridgehead atoms. The standard InChI is InChI=1S/C12H11N5OS/c1-18-10-5-8(19-2)3-4-9(10)17-7-15-11-12(16-17)14-6-13-11/h3-7H,1-2H3. The number of ether oxygens (including phenoxy) is 1. The van der Waals surface area contributed by atoms with Crippen LogP contribution >= 0.6 is 11.8 Å². The molecule has 3 rings (SSSR count). The summed E-state index contributed by atoms with van der Waals surface area (Å²) in [5, 5.41) is 4.36. The largest absolute Gasteiger partial charge is 0.494 e. The first-order valence-electron chi connectivity index (χ1n) is 5.56. The minimum absolute atomic E-state index is 0.512. The SMILES string of the molecule is COc1cc(SC)ccc1-n1cnc2ncnc-2n1. The second kappa shape index (κ2) is 4.85. The van der Waals surface area contributed by atoms with Crippen LogP contribution in [0.4, 0.5) is 0 Å². The number of rotatable bonds is 3. The molecule has 0 aromatic heterocycles. The van der Waals surface area contributed by atoms with E-state index in [1.807, 2.05) is 24.5 Å². The van der Waals surface area contributed by atoms with Crippen molar-refractivity contribution in [2.75, 3.05) is 13.4 Å². The van der Waals surface area contributed by atoms with Crippen LogP contribution in [0.25, 0.3) is 17.3 Å². The molecule has 7 heteroatoms. The van der Waals surface area contributed by atoms with Gasteiger partial charge in [-0.15, -0.1) is 16.9 Å². The molecule has 2 aliphatic heterocycles. The van der Waals surface area contributed by atoms with Crippen LogP contribution in [0.3, 0.4) is 0 Å². The molecule has 96 valence electrons. The summed E-state index contributed by atoms with van der Waals surface area (Å²) in [7, 11) is 1.64. The van der Waals surface area contributed by atoms with Crippen LogP contribution in [-0.2, 0) is 0 Å². The lowest BCUT2D eigenvalue weighted by Gasteiger charge is -2.11. The Morgan fingerprint density at radius 3 is 2.79 bits per heavy atom. The number of imidazole rings is 1.